The van der Waals surface area contributed by atoms with Crippen LogP contribution in [-0.2, 0) is 6.54 Å². The Labute approximate surface area is 188 Å². The van der Waals surface area contributed by atoms with Crippen LogP contribution >= 0.6 is 47.3 Å². The van der Waals surface area contributed by atoms with Crippen molar-refractivity contribution in [2.75, 3.05) is 50.8 Å². The smallest absolute Gasteiger partial charge is 0.194 e. The molecule has 0 aromatic heterocycles. The van der Waals surface area contributed by atoms with E-state index in [1.54, 1.807) is 0 Å². The Morgan fingerprint density at radius 3 is 2.56 bits per heavy atom. The van der Waals surface area contributed by atoms with Crippen LogP contribution in [0.3, 0.4) is 0 Å². The van der Waals surface area contributed by atoms with Gasteiger partial charge in [0.2, 0.25) is 0 Å². The van der Waals surface area contributed by atoms with Crippen LogP contribution in [0.2, 0.25) is 5.02 Å². The summed E-state index contributed by atoms with van der Waals surface area (Å²) >= 11 is 7.78. The molecule has 2 N–H and O–H groups in total. The summed E-state index contributed by atoms with van der Waals surface area (Å²) in [6, 6.07) is 8.10. The molecular formula is C19H30ClIN4OS. The quantitative estimate of drug-likeness (QED) is 0.352. The maximum absolute atomic E-state index is 10.5. The van der Waals surface area contributed by atoms with Gasteiger partial charge >= 0.3 is 0 Å². The van der Waals surface area contributed by atoms with Crippen LogP contribution in [0.1, 0.15) is 18.9 Å². The molecule has 2 saturated heterocycles. The Hall–Kier alpha value is -0.220. The van der Waals surface area contributed by atoms with E-state index in [2.05, 4.69) is 34.2 Å². The van der Waals surface area contributed by atoms with E-state index in [4.69, 9.17) is 16.6 Å². The van der Waals surface area contributed by atoms with Crippen molar-refractivity contribution >= 4 is 53.3 Å². The Morgan fingerprint density at radius 2 is 1.96 bits per heavy atom. The Balaban J connectivity index is 0.00000261. The summed E-state index contributed by atoms with van der Waals surface area (Å²) in [6.07, 6.45) is 0.843. The molecule has 3 rings (SSSR count). The molecule has 1 aromatic carbocycles. The second kappa shape index (κ2) is 11.1. The average molecular weight is 525 g/mol. The maximum Gasteiger partial charge on any atom is 0.194 e. The van der Waals surface area contributed by atoms with Crippen molar-refractivity contribution in [2.45, 2.75) is 25.5 Å². The Bertz CT molecular complexity index is 602. The van der Waals surface area contributed by atoms with E-state index < -0.39 is 5.60 Å². The van der Waals surface area contributed by atoms with Gasteiger partial charge in [-0.15, -0.1) is 24.0 Å². The molecule has 152 valence electrons. The predicted octanol–water partition coefficient (Wildman–Crippen LogP) is 2.91. The second-order valence-corrected chi connectivity index (χ2v) is 8.63. The summed E-state index contributed by atoms with van der Waals surface area (Å²) < 4.78 is 0. The number of aliphatic imine (C=N–C) groups is 1. The van der Waals surface area contributed by atoms with Crippen LogP contribution < -0.4 is 5.32 Å². The number of piperazine rings is 1. The number of aliphatic hydroxyl groups is 1. The molecule has 0 spiro atoms. The van der Waals surface area contributed by atoms with Crippen molar-refractivity contribution < 1.29 is 5.11 Å². The van der Waals surface area contributed by atoms with E-state index in [9.17, 15) is 5.11 Å². The first-order chi connectivity index (χ1) is 12.6. The molecule has 0 aliphatic carbocycles. The highest BCUT2D eigenvalue weighted by Crippen LogP contribution is 2.28. The number of hydrogen-bond donors (Lipinski definition) is 2. The number of nitrogens with zero attached hydrogens (tertiary/aromatic N) is 3. The number of nitrogens with one attached hydrogen (secondary N) is 1. The molecule has 1 aromatic rings. The summed E-state index contributed by atoms with van der Waals surface area (Å²) in [5, 5.41) is 14.7. The molecule has 0 amide bonds. The second-order valence-electron chi connectivity index (χ2n) is 7.09. The van der Waals surface area contributed by atoms with Crippen molar-refractivity contribution in [2.24, 2.45) is 4.99 Å². The summed E-state index contributed by atoms with van der Waals surface area (Å²) in [6.45, 7) is 8.30. The summed E-state index contributed by atoms with van der Waals surface area (Å²) in [5.74, 6) is 2.76. The van der Waals surface area contributed by atoms with Crippen LogP contribution in [-0.4, -0.2) is 77.2 Å². The fraction of sp³-hybridized carbons (Fsp3) is 0.632. The van der Waals surface area contributed by atoms with Gasteiger partial charge < -0.3 is 15.3 Å². The SMILES string of the molecule is CCNC(=NCC1(O)CCSC1)N1CCN(Cc2ccc(Cl)cc2)CC1.I. The lowest BCUT2D eigenvalue weighted by Gasteiger charge is -2.37. The zero-order chi connectivity index (χ0) is 18.4. The van der Waals surface area contributed by atoms with Gasteiger partial charge in [-0.05, 0) is 36.8 Å². The van der Waals surface area contributed by atoms with Crippen molar-refractivity contribution in [3.05, 3.63) is 34.9 Å². The first kappa shape index (κ1) is 23.1. The molecule has 0 bridgehead atoms. The lowest BCUT2D eigenvalue weighted by Crippen LogP contribution is -2.52. The first-order valence-corrected chi connectivity index (χ1v) is 10.9. The summed E-state index contributed by atoms with van der Waals surface area (Å²) in [4.78, 5) is 9.52. The third-order valence-corrected chi connectivity index (χ3v) is 6.42. The summed E-state index contributed by atoms with van der Waals surface area (Å²) in [5.41, 5.74) is 0.672. The highest BCUT2D eigenvalue weighted by atomic mass is 127. The highest BCUT2D eigenvalue weighted by molar-refractivity contribution is 14.0. The maximum atomic E-state index is 10.5. The van der Waals surface area contributed by atoms with Crippen LogP contribution in [0.5, 0.6) is 0 Å². The number of thioether (sulfide) groups is 1. The van der Waals surface area contributed by atoms with Gasteiger partial charge in [-0.25, -0.2) is 0 Å². The van der Waals surface area contributed by atoms with E-state index in [1.807, 2.05) is 23.9 Å². The van der Waals surface area contributed by atoms with Crippen LogP contribution in [0.25, 0.3) is 0 Å². The standard InChI is InChI=1S/C19H29ClN4OS.HI/c1-2-21-18(22-14-19(25)7-12-26-15-19)24-10-8-23(9-11-24)13-16-3-5-17(20)6-4-16;/h3-6,25H,2,7-15H2,1H3,(H,21,22);1H. The van der Waals surface area contributed by atoms with Gasteiger partial charge in [0, 0.05) is 50.0 Å². The fourth-order valence-electron chi connectivity index (χ4n) is 3.33. The predicted molar refractivity (Wildman–Crippen MR) is 127 cm³/mol. The Morgan fingerprint density at radius 1 is 1.26 bits per heavy atom. The van der Waals surface area contributed by atoms with Gasteiger partial charge in [-0.2, -0.15) is 11.8 Å². The molecule has 2 aliphatic heterocycles. The number of benzene rings is 1. The minimum Gasteiger partial charge on any atom is -0.387 e. The third-order valence-electron chi connectivity index (χ3n) is 4.93. The largest absolute Gasteiger partial charge is 0.387 e. The number of guanidine groups is 1. The lowest BCUT2D eigenvalue weighted by atomic mass is 10.0. The highest BCUT2D eigenvalue weighted by Gasteiger charge is 2.32. The van der Waals surface area contributed by atoms with Gasteiger partial charge in [0.15, 0.2) is 5.96 Å². The number of hydrogen-bond acceptors (Lipinski definition) is 4. The number of halogens is 2. The van der Waals surface area contributed by atoms with Crippen LogP contribution in [0.15, 0.2) is 29.3 Å². The fourth-order valence-corrected chi connectivity index (χ4v) is 4.75. The molecule has 2 fully saturated rings. The zero-order valence-electron chi connectivity index (χ0n) is 15.9. The van der Waals surface area contributed by atoms with Crippen molar-refractivity contribution in [3.63, 3.8) is 0 Å². The normalized spacial score (nSPS) is 24.0. The molecule has 0 saturated carbocycles. The van der Waals surface area contributed by atoms with Gasteiger partial charge in [0.25, 0.3) is 0 Å². The van der Waals surface area contributed by atoms with Crippen molar-refractivity contribution in [1.82, 2.24) is 15.1 Å². The van der Waals surface area contributed by atoms with Crippen molar-refractivity contribution in [3.8, 4) is 0 Å². The lowest BCUT2D eigenvalue weighted by molar-refractivity contribution is 0.0773. The summed E-state index contributed by atoms with van der Waals surface area (Å²) in [7, 11) is 0. The third kappa shape index (κ3) is 6.96. The van der Waals surface area contributed by atoms with E-state index in [1.165, 1.54) is 5.56 Å². The van der Waals surface area contributed by atoms with Gasteiger partial charge in [-0.1, -0.05) is 23.7 Å². The van der Waals surface area contributed by atoms with Gasteiger partial charge in [0.1, 0.15) is 0 Å². The molecule has 5 nitrogen and oxygen atoms in total. The molecule has 1 atom stereocenters. The molecule has 0 radical (unpaired) electrons. The van der Waals surface area contributed by atoms with Gasteiger partial charge in [0.05, 0.1) is 12.1 Å². The van der Waals surface area contributed by atoms with Crippen LogP contribution in [0, 0.1) is 0 Å². The molecular weight excluding hydrogens is 495 g/mol. The number of rotatable bonds is 5. The minimum atomic E-state index is -0.623. The zero-order valence-corrected chi connectivity index (χ0v) is 19.8. The van der Waals surface area contributed by atoms with E-state index in [-0.39, 0.29) is 24.0 Å². The van der Waals surface area contributed by atoms with Crippen LogP contribution in [0.4, 0.5) is 0 Å². The monoisotopic (exact) mass is 524 g/mol. The molecule has 27 heavy (non-hydrogen) atoms. The van der Waals surface area contributed by atoms with E-state index in [0.29, 0.717) is 6.54 Å². The topological polar surface area (TPSA) is 51.1 Å². The molecule has 1 unspecified atom stereocenters. The Kier molecular flexibility index (Phi) is 9.47. The van der Waals surface area contributed by atoms with Gasteiger partial charge in [-0.3, -0.25) is 9.89 Å². The molecule has 8 heteroatoms. The van der Waals surface area contributed by atoms with E-state index >= 15 is 0 Å². The molecule has 2 aliphatic rings. The van der Waals surface area contributed by atoms with Crippen molar-refractivity contribution in [1.29, 1.82) is 0 Å². The average Bonchev–Trinajstić information content (AvgIpc) is 3.08. The minimum absolute atomic E-state index is 0. The first-order valence-electron chi connectivity index (χ1n) is 9.38. The van der Waals surface area contributed by atoms with E-state index in [0.717, 1.165) is 68.2 Å². The molecule has 2 heterocycles.